The molecule has 5 heterocycles. The first-order chi connectivity index (χ1) is 22.6. The van der Waals surface area contributed by atoms with Crippen molar-refractivity contribution < 1.29 is 19.0 Å². The number of alkyl halides is 1. The van der Waals surface area contributed by atoms with Crippen molar-refractivity contribution in [3.05, 3.63) is 52.4 Å². The van der Waals surface area contributed by atoms with E-state index in [1.54, 1.807) is 26.2 Å². The van der Waals surface area contributed by atoms with Crippen LogP contribution in [0.1, 0.15) is 67.5 Å². The lowest BCUT2D eigenvalue weighted by atomic mass is 9.89. The van der Waals surface area contributed by atoms with E-state index in [1.165, 1.54) is 10.5 Å². The Morgan fingerprint density at radius 2 is 2.06 bits per heavy atom. The van der Waals surface area contributed by atoms with Crippen LogP contribution in [0.5, 0.6) is 11.8 Å². The maximum atomic E-state index is 14.6. The van der Waals surface area contributed by atoms with Crippen LogP contribution in [0, 0.1) is 0 Å². The number of rotatable bonds is 9. The zero-order valence-electron chi connectivity index (χ0n) is 28.2. The number of aromatic hydroxyl groups is 1. The Bertz CT molecular complexity index is 1550. The summed E-state index contributed by atoms with van der Waals surface area (Å²) in [5.41, 5.74) is 11.0. The van der Waals surface area contributed by atoms with Gasteiger partial charge in [-0.05, 0) is 68.6 Å². The molecule has 0 radical (unpaired) electrons. The number of nitrogens with two attached hydrogens (primary N) is 1. The zero-order chi connectivity index (χ0) is 33.3. The highest BCUT2D eigenvalue weighted by molar-refractivity contribution is 6.05. The van der Waals surface area contributed by atoms with Gasteiger partial charge >= 0.3 is 6.01 Å². The van der Waals surface area contributed by atoms with E-state index in [0.717, 1.165) is 67.0 Å². The number of benzene rings is 1. The standard InChI is InChI=1S/C35H49FN8O3/c1-5-8-23-9-10-26(45)16-27(23)31-17-30-28(21-42(31)4)32(43-13-7-12-38-25(20-43)15-29(37)33(46)41(2)3)40-34(39-30)47-22-35-11-6-14-44(35)19-24(36)18-35/h9-10,15-16,24,31,45H,5-8,11-14,17-22,37H2,1-4H3/b29-15-/t24?,31?,35-/m0/s1. The molecule has 254 valence electrons. The number of fused-ring (bicyclic) bond motifs is 2. The molecule has 11 nitrogen and oxygen atoms in total. The summed E-state index contributed by atoms with van der Waals surface area (Å²) >= 11 is 0. The van der Waals surface area contributed by atoms with Crippen LogP contribution in [-0.4, -0.2) is 114 Å². The molecule has 12 heteroatoms. The second-order valence-corrected chi connectivity index (χ2v) is 13.8. The van der Waals surface area contributed by atoms with Gasteiger partial charge < -0.3 is 25.4 Å². The number of nitrogens with zero attached hydrogens (tertiary/aromatic N) is 7. The number of phenolic OH excluding ortho intramolecular Hbond substituents is 1. The number of halogens is 1. The van der Waals surface area contributed by atoms with Gasteiger partial charge in [0.1, 0.15) is 24.3 Å². The Morgan fingerprint density at radius 1 is 1.23 bits per heavy atom. The lowest BCUT2D eigenvalue weighted by Gasteiger charge is -2.37. The van der Waals surface area contributed by atoms with E-state index in [-0.39, 0.29) is 28.9 Å². The molecule has 47 heavy (non-hydrogen) atoms. The van der Waals surface area contributed by atoms with E-state index < -0.39 is 6.17 Å². The molecule has 0 saturated carbocycles. The Hall–Kier alpha value is -3.77. The number of aromatic nitrogens is 2. The number of anilines is 1. The van der Waals surface area contributed by atoms with Crippen molar-refractivity contribution in [2.24, 2.45) is 10.7 Å². The third-order valence-electron chi connectivity index (χ3n) is 10.1. The number of phenols is 1. The van der Waals surface area contributed by atoms with Crippen LogP contribution in [-0.2, 0) is 24.2 Å². The summed E-state index contributed by atoms with van der Waals surface area (Å²) < 4.78 is 21.0. The molecular weight excluding hydrogens is 599 g/mol. The van der Waals surface area contributed by atoms with Crippen molar-refractivity contribution in [2.75, 3.05) is 65.4 Å². The van der Waals surface area contributed by atoms with Crippen molar-refractivity contribution >= 4 is 17.4 Å². The van der Waals surface area contributed by atoms with Crippen molar-refractivity contribution in [1.82, 2.24) is 24.7 Å². The molecule has 4 aliphatic rings. The van der Waals surface area contributed by atoms with Gasteiger partial charge in [0.2, 0.25) is 0 Å². The van der Waals surface area contributed by atoms with Crippen LogP contribution in [0.4, 0.5) is 10.2 Å². The highest BCUT2D eigenvalue weighted by Crippen LogP contribution is 2.42. The normalized spacial score (nSPS) is 25.3. The summed E-state index contributed by atoms with van der Waals surface area (Å²) in [6, 6.07) is 6.00. The fourth-order valence-electron chi connectivity index (χ4n) is 7.82. The highest BCUT2D eigenvalue weighted by Gasteiger charge is 2.49. The van der Waals surface area contributed by atoms with Crippen molar-refractivity contribution in [1.29, 1.82) is 0 Å². The quantitative estimate of drug-likeness (QED) is 0.394. The maximum absolute atomic E-state index is 14.6. The fraction of sp³-hybridized carbons (Fsp3) is 0.600. The third kappa shape index (κ3) is 6.94. The van der Waals surface area contributed by atoms with Gasteiger partial charge in [0.15, 0.2) is 0 Å². The van der Waals surface area contributed by atoms with Crippen LogP contribution in [0.25, 0.3) is 0 Å². The van der Waals surface area contributed by atoms with E-state index >= 15 is 0 Å². The van der Waals surface area contributed by atoms with E-state index in [0.29, 0.717) is 58.2 Å². The van der Waals surface area contributed by atoms with E-state index in [9.17, 15) is 14.3 Å². The zero-order valence-corrected chi connectivity index (χ0v) is 28.2. The second-order valence-electron chi connectivity index (χ2n) is 13.8. The summed E-state index contributed by atoms with van der Waals surface area (Å²) in [6.07, 6.45) is 6.61. The van der Waals surface area contributed by atoms with Gasteiger partial charge in [0, 0.05) is 64.7 Å². The molecule has 0 aliphatic carbocycles. The van der Waals surface area contributed by atoms with Crippen molar-refractivity contribution in [3.8, 4) is 11.8 Å². The Balaban J connectivity index is 1.36. The Morgan fingerprint density at radius 3 is 2.85 bits per heavy atom. The molecule has 2 unspecified atom stereocenters. The third-order valence-corrected chi connectivity index (χ3v) is 10.1. The van der Waals surface area contributed by atoms with Gasteiger partial charge in [0.05, 0.1) is 29.2 Å². The van der Waals surface area contributed by atoms with Gasteiger partial charge in [-0.25, -0.2) is 4.39 Å². The first kappa shape index (κ1) is 33.1. The van der Waals surface area contributed by atoms with Crippen LogP contribution < -0.4 is 15.4 Å². The molecule has 3 N–H and O–H groups in total. The number of hydrogen-bond donors (Lipinski definition) is 2. The minimum absolute atomic E-state index is 0.0128. The molecule has 1 aromatic heterocycles. The molecule has 2 fully saturated rings. The maximum Gasteiger partial charge on any atom is 0.318 e. The first-order valence-electron chi connectivity index (χ1n) is 17.0. The monoisotopic (exact) mass is 648 g/mol. The van der Waals surface area contributed by atoms with E-state index in [2.05, 4.69) is 28.7 Å². The topological polar surface area (TPSA) is 124 Å². The molecule has 1 amide bonds. The van der Waals surface area contributed by atoms with Crippen LogP contribution in [0.2, 0.25) is 0 Å². The van der Waals surface area contributed by atoms with Gasteiger partial charge in [0.25, 0.3) is 5.91 Å². The minimum atomic E-state index is -0.843. The predicted molar refractivity (Wildman–Crippen MR) is 181 cm³/mol. The van der Waals surface area contributed by atoms with Crippen LogP contribution in [0.3, 0.4) is 0 Å². The number of carbonyl (C=O) groups excluding carboxylic acids is 1. The summed E-state index contributed by atoms with van der Waals surface area (Å²) in [5.74, 6) is 0.783. The highest BCUT2D eigenvalue weighted by atomic mass is 19.1. The van der Waals surface area contributed by atoms with Crippen LogP contribution >= 0.6 is 0 Å². The molecule has 2 aromatic rings. The van der Waals surface area contributed by atoms with E-state index in [1.807, 2.05) is 12.1 Å². The summed E-state index contributed by atoms with van der Waals surface area (Å²) in [7, 11) is 5.46. The number of hydrogen-bond acceptors (Lipinski definition) is 10. The van der Waals surface area contributed by atoms with Crippen molar-refractivity contribution in [2.45, 2.75) is 76.2 Å². The average molecular weight is 649 g/mol. The Kier molecular flexibility index (Phi) is 9.70. The largest absolute Gasteiger partial charge is 0.508 e. The van der Waals surface area contributed by atoms with Gasteiger partial charge in [-0.1, -0.05) is 19.4 Å². The molecular formula is C35H49FN8O3. The SMILES string of the molecule is CCCc1ccc(O)cc1C1Cc2nc(OC[C@@]34CCCN3CC(F)C4)nc(N3CCCN=C(/C=C(\N)C(=O)N(C)C)C3)c2CN1C. The number of aliphatic imine (C=N–C) groups is 1. The lowest BCUT2D eigenvalue weighted by Crippen LogP contribution is -2.43. The number of carbonyl (C=O) groups is 1. The number of likely N-dealkylation sites (N-methyl/N-ethyl adjacent to an activating group) is 2. The average Bonchev–Trinajstić information content (AvgIpc) is 3.46. The molecule has 0 spiro atoms. The van der Waals surface area contributed by atoms with Gasteiger partial charge in [-0.2, -0.15) is 9.97 Å². The summed E-state index contributed by atoms with van der Waals surface area (Å²) in [4.78, 5) is 35.5. The van der Waals surface area contributed by atoms with Gasteiger partial charge in [-0.3, -0.25) is 19.6 Å². The minimum Gasteiger partial charge on any atom is -0.508 e. The second kappa shape index (κ2) is 13.8. The molecule has 4 aliphatic heterocycles. The molecule has 3 atom stereocenters. The van der Waals surface area contributed by atoms with Crippen molar-refractivity contribution in [3.63, 3.8) is 0 Å². The number of aryl methyl sites for hydroxylation is 1. The lowest BCUT2D eigenvalue weighted by molar-refractivity contribution is -0.124. The number of amides is 1. The molecule has 0 bridgehead atoms. The summed E-state index contributed by atoms with van der Waals surface area (Å²) in [6.45, 7) is 6.24. The molecule has 2 saturated heterocycles. The smallest absolute Gasteiger partial charge is 0.318 e. The molecule has 1 aromatic carbocycles. The van der Waals surface area contributed by atoms with E-state index in [4.69, 9.17) is 25.4 Å². The predicted octanol–water partition coefficient (Wildman–Crippen LogP) is 3.40. The molecule has 6 rings (SSSR count). The van der Waals surface area contributed by atoms with Crippen LogP contribution in [0.15, 0.2) is 35.0 Å². The fourth-order valence-corrected chi connectivity index (χ4v) is 7.82. The van der Waals surface area contributed by atoms with Gasteiger partial charge in [-0.15, -0.1) is 0 Å². The number of ether oxygens (including phenoxy) is 1. The first-order valence-corrected chi connectivity index (χ1v) is 17.0. The Labute approximate surface area is 277 Å². The summed E-state index contributed by atoms with van der Waals surface area (Å²) in [5, 5.41) is 10.5.